The number of nitrogens with one attached hydrogen (secondary N) is 1. The topological polar surface area (TPSA) is 97.9 Å². The summed E-state index contributed by atoms with van der Waals surface area (Å²) in [5, 5.41) is 15.7. The summed E-state index contributed by atoms with van der Waals surface area (Å²) in [7, 11) is 0. The van der Waals surface area contributed by atoms with Crippen LogP contribution >= 0.6 is 0 Å². The zero-order chi connectivity index (χ0) is 22.0. The van der Waals surface area contributed by atoms with E-state index < -0.39 is 6.04 Å². The lowest BCUT2D eigenvalue weighted by molar-refractivity contribution is -0.138. The van der Waals surface area contributed by atoms with Crippen molar-refractivity contribution in [1.29, 1.82) is 0 Å². The van der Waals surface area contributed by atoms with E-state index in [-0.39, 0.29) is 18.4 Å². The predicted molar refractivity (Wildman–Crippen MR) is 114 cm³/mol. The van der Waals surface area contributed by atoms with Gasteiger partial charge in [0.1, 0.15) is 11.7 Å². The van der Waals surface area contributed by atoms with E-state index >= 15 is 0 Å². The van der Waals surface area contributed by atoms with Gasteiger partial charge in [-0.15, -0.1) is 5.10 Å². The highest BCUT2D eigenvalue weighted by Crippen LogP contribution is 2.24. The standard InChI is InChI=1S/C22H27N7O2/c1-15-11-16(2)28(25-15)10-9-21(30)23-12-19-20-14-27(13-18-7-5-4-6-8-18)22(31)17(3)29(20)26-24-19/h4-8,11,17H,9-10,12-14H2,1-3H3,(H,23,30). The second-order valence-electron chi connectivity index (χ2n) is 7.96. The molecule has 162 valence electrons. The molecule has 3 aromatic rings. The van der Waals surface area contributed by atoms with Gasteiger partial charge in [0.15, 0.2) is 0 Å². The maximum absolute atomic E-state index is 12.8. The molecule has 31 heavy (non-hydrogen) atoms. The largest absolute Gasteiger partial charge is 0.350 e. The maximum Gasteiger partial charge on any atom is 0.247 e. The molecule has 1 unspecified atom stereocenters. The Balaban J connectivity index is 1.39. The van der Waals surface area contributed by atoms with Crippen LogP contribution in [0.4, 0.5) is 0 Å². The van der Waals surface area contributed by atoms with Crippen LogP contribution in [0.15, 0.2) is 36.4 Å². The molecule has 0 saturated carbocycles. The summed E-state index contributed by atoms with van der Waals surface area (Å²) in [6, 6.07) is 11.5. The van der Waals surface area contributed by atoms with E-state index in [0.29, 0.717) is 31.7 Å². The van der Waals surface area contributed by atoms with E-state index in [4.69, 9.17) is 0 Å². The van der Waals surface area contributed by atoms with Crippen LogP contribution in [0.5, 0.6) is 0 Å². The number of nitrogens with zero attached hydrogens (tertiary/aromatic N) is 6. The monoisotopic (exact) mass is 421 g/mol. The molecule has 1 aromatic carbocycles. The average Bonchev–Trinajstić information content (AvgIpc) is 3.31. The highest BCUT2D eigenvalue weighted by Gasteiger charge is 2.33. The number of fused-ring (bicyclic) bond motifs is 1. The highest BCUT2D eigenvalue weighted by molar-refractivity contribution is 5.81. The number of rotatable bonds is 7. The fourth-order valence-electron chi connectivity index (χ4n) is 3.90. The van der Waals surface area contributed by atoms with Crippen LogP contribution in [0, 0.1) is 13.8 Å². The molecule has 1 aliphatic rings. The van der Waals surface area contributed by atoms with Crippen LogP contribution in [0.2, 0.25) is 0 Å². The molecule has 9 nitrogen and oxygen atoms in total. The van der Waals surface area contributed by atoms with Crippen LogP contribution in [-0.2, 0) is 35.8 Å². The Bertz CT molecular complexity index is 1090. The summed E-state index contributed by atoms with van der Waals surface area (Å²) in [5.74, 6) is -0.0582. The number of carbonyl (C=O) groups is 2. The Morgan fingerprint density at radius 3 is 2.71 bits per heavy atom. The predicted octanol–water partition coefficient (Wildman–Crippen LogP) is 1.90. The Hall–Kier alpha value is -3.49. The molecule has 4 rings (SSSR count). The van der Waals surface area contributed by atoms with Gasteiger partial charge in [0.05, 0.1) is 24.5 Å². The number of amides is 2. The molecular formula is C22H27N7O2. The van der Waals surface area contributed by atoms with Crippen molar-refractivity contribution in [3.63, 3.8) is 0 Å². The van der Waals surface area contributed by atoms with Crippen LogP contribution < -0.4 is 5.32 Å². The quantitative estimate of drug-likeness (QED) is 0.628. The van der Waals surface area contributed by atoms with Crippen molar-refractivity contribution in [1.82, 2.24) is 35.0 Å². The molecule has 0 bridgehead atoms. The molecule has 0 aliphatic carbocycles. The van der Waals surface area contributed by atoms with E-state index in [9.17, 15) is 9.59 Å². The normalized spacial score (nSPS) is 15.8. The first kappa shape index (κ1) is 20.8. The molecule has 0 radical (unpaired) electrons. The average molecular weight is 422 g/mol. The third-order valence-corrected chi connectivity index (χ3v) is 5.57. The second-order valence-corrected chi connectivity index (χ2v) is 7.96. The highest BCUT2D eigenvalue weighted by atomic mass is 16.2. The minimum Gasteiger partial charge on any atom is -0.350 e. The lowest BCUT2D eigenvalue weighted by atomic mass is 10.1. The second kappa shape index (κ2) is 8.71. The van der Waals surface area contributed by atoms with Gasteiger partial charge >= 0.3 is 0 Å². The van der Waals surface area contributed by atoms with Gasteiger partial charge in [-0.25, -0.2) is 4.68 Å². The summed E-state index contributed by atoms with van der Waals surface area (Å²) < 4.78 is 3.50. The van der Waals surface area contributed by atoms with Crippen LogP contribution in [-0.4, -0.2) is 41.5 Å². The summed E-state index contributed by atoms with van der Waals surface area (Å²) in [5.41, 5.74) is 4.61. The van der Waals surface area contributed by atoms with Gasteiger partial charge in [0, 0.05) is 25.2 Å². The SMILES string of the molecule is Cc1cc(C)n(CCC(=O)NCc2nnn3c2CN(Cc2ccccc2)C(=O)C3C)n1. The summed E-state index contributed by atoms with van der Waals surface area (Å²) in [6.07, 6.45) is 0.334. The van der Waals surface area contributed by atoms with Crippen molar-refractivity contribution in [2.45, 2.75) is 59.4 Å². The van der Waals surface area contributed by atoms with Crippen molar-refractivity contribution in [3.05, 3.63) is 64.7 Å². The smallest absolute Gasteiger partial charge is 0.247 e. The number of carbonyl (C=O) groups excluding carboxylic acids is 2. The van der Waals surface area contributed by atoms with Gasteiger partial charge in [0.25, 0.3) is 0 Å². The number of aromatic nitrogens is 5. The Morgan fingerprint density at radius 1 is 1.23 bits per heavy atom. The van der Waals surface area contributed by atoms with Crippen LogP contribution in [0.3, 0.4) is 0 Å². The molecule has 2 amide bonds. The lowest BCUT2D eigenvalue weighted by Gasteiger charge is -2.31. The molecule has 0 saturated heterocycles. The van der Waals surface area contributed by atoms with Crippen molar-refractivity contribution >= 4 is 11.8 Å². The summed E-state index contributed by atoms with van der Waals surface area (Å²) >= 11 is 0. The van der Waals surface area contributed by atoms with Gasteiger partial charge < -0.3 is 10.2 Å². The maximum atomic E-state index is 12.8. The van der Waals surface area contributed by atoms with Gasteiger partial charge in [-0.2, -0.15) is 5.10 Å². The van der Waals surface area contributed by atoms with E-state index in [1.807, 2.05) is 66.8 Å². The molecule has 3 heterocycles. The first-order chi connectivity index (χ1) is 14.9. The summed E-state index contributed by atoms with van der Waals surface area (Å²) in [6.45, 7) is 7.50. The molecular weight excluding hydrogens is 394 g/mol. The van der Waals surface area contributed by atoms with Gasteiger partial charge in [-0.1, -0.05) is 35.5 Å². The Morgan fingerprint density at radius 2 is 2.00 bits per heavy atom. The molecule has 0 fully saturated rings. The van der Waals surface area contributed by atoms with Gasteiger partial charge in [-0.3, -0.25) is 14.3 Å². The number of benzene rings is 1. The fraction of sp³-hybridized carbons (Fsp3) is 0.409. The molecule has 1 N–H and O–H groups in total. The van der Waals surface area contributed by atoms with Crippen molar-refractivity contribution < 1.29 is 9.59 Å². The first-order valence-corrected chi connectivity index (χ1v) is 10.5. The van der Waals surface area contributed by atoms with Crippen LogP contribution in [0.1, 0.15) is 47.7 Å². The lowest BCUT2D eigenvalue weighted by Crippen LogP contribution is -2.41. The Kier molecular flexibility index (Phi) is 5.83. The zero-order valence-electron chi connectivity index (χ0n) is 18.1. The zero-order valence-corrected chi connectivity index (χ0v) is 18.1. The van der Waals surface area contributed by atoms with Crippen LogP contribution in [0.25, 0.3) is 0 Å². The third-order valence-electron chi connectivity index (χ3n) is 5.57. The first-order valence-electron chi connectivity index (χ1n) is 10.5. The molecule has 9 heteroatoms. The van der Waals surface area contributed by atoms with Gasteiger partial charge in [-0.05, 0) is 32.4 Å². The van der Waals surface area contributed by atoms with E-state index in [0.717, 1.165) is 22.6 Å². The fourth-order valence-corrected chi connectivity index (χ4v) is 3.90. The Labute approximate surface area is 181 Å². The van der Waals surface area contributed by atoms with E-state index in [2.05, 4.69) is 20.7 Å². The minimum absolute atomic E-state index is 0.0155. The number of hydrogen-bond acceptors (Lipinski definition) is 5. The minimum atomic E-state index is -0.421. The van der Waals surface area contributed by atoms with Gasteiger partial charge in [0.2, 0.25) is 11.8 Å². The van der Waals surface area contributed by atoms with E-state index in [1.165, 1.54) is 0 Å². The molecule has 1 atom stereocenters. The number of aryl methyl sites for hydroxylation is 3. The number of hydrogen-bond donors (Lipinski definition) is 1. The summed E-state index contributed by atoms with van der Waals surface area (Å²) in [4.78, 5) is 26.9. The molecule has 2 aromatic heterocycles. The van der Waals surface area contributed by atoms with Crippen molar-refractivity contribution in [2.75, 3.05) is 0 Å². The van der Waals surface area contributed by atoms with E-state index in [1.54, 1.807) is 4.68 Å². The van der Waals surface area contributed by atoms with Crippen molar-refractivity contribution in [3.8, 4) is 0 Å². The third kappa shape index (κ3) is 4.50. The molecule has 1 aliphatic heterocycles. The van der Waals surface area contributed by atoms with Crippen molar-refractivity contribution in [2.24, 2.45) is 0 Å². The molecule has 0 spiro atoms.